The number of hydrogen-bond donors (Lipinski definition) is 0. The van der Waals surface area contributed by atoms with Gasteiger partial charge in [-0.2, -0.15) is 18.3 Å². The van der Waals surface area contributed by atoms with Crippen molar-refractivity contribution < 1.29 is 18.0 Å². The first-order chi connectivity index (χ1) is 13.9. The van der Waals surface area contributed by atoms with Crippen LogP contribution < -0.4 is 0 Å². The van der Waals surface area contributed by atoms with Crippen LogP contribution in [0.25, 0.3) is 16.9 Å². The summed E-state index contributed by atoms with van der Waals surface area (Å²) in [6.07, 6.45) is 0.215. The molecule has 1 aromatic carbocycles. The average Bonchev–Trinajstić information content (AvgIpc) is 3.16. The van der Waals surface area contributed by atoms with E-state index in [0.717, 1.165) is 36.3 Å². The highest BCUT2D eigenvalue weighted by molar-refractivity contribution is 6.00. The molecule has 0 N–H and O–H groups in total. The summed E-state index contributed by atoms with van der Waals surface area (Å²) >= 11 is 0. The molecule has 0 saturated carbocycles. The van der Waals surface area contributed by atoms with Crippen molar-refractivity contribution in [1.82, 2.24) is 19.5 Å². The molecule has 3 heterocycles. The third-order valence-corrected chi connectivity index (χ3v) is 5.42. The Hall–Kier alpha value is -2.90. The van der Waals surface area contributed by atoms with Crippen molar-refractivity contribution in [3.8, 4) is 11.3 Å². The number of likely N-dealkylation sites (tertiary alicyclic amines) is 1. The molecule has 3 aromatic rings. The monoisotopic (exact) mass is 402 g/mol. The Morgan fingerprint density at radius 3 is 2.66 bits per heavy atom. The molecule has 2 aromatic heterocycles. The van der Waals surface area contributed by atoms with E-state index in [-0.39, 0.29) is 28.9 Å². The number of amides is 1. The van der Waals surface area contributed by atoms with Gasteiger partial charge in [0.25, 0.3) is 5.91 Å². The summed E-state index contributed by atoms with van der Waals surface area (Å²) < 4.78 is 41.9. The Morgan fingerprint density at radius 2 is 1.97 bits per heavy atom. The fraction of sp³-hybridized carbons (Fsp3) is 0.381. The summed E-state index contributed by atoms with van der Waals surface area (Å²) in [5.74, 6) is -0.308. The minimum atomic E-state index is -4.63. The van der Waals surface area contributed by atoms with Crippen LogP contribution in [0.2, 0.25) is 0 Å². The standard InChI is InChI=1S/C21H21F3N4O/c1-2-15-10-6-7-11-27(15)20(29)16-13-25-28-18(21(22,23)24)12-17(26-19(16)28)14-8-4-3-5-9-14/h3-5,8-9,12-13,15H,2,6-7,10-11H2,1H3/t15-/m0/s1. The van der Waals surface area contributed by atoms with Gasteiger partial charge in [-0.1, -0.05) is 37.3 Å². The van der Waals surface area contributed by atoms with Crippen LogP contribution >= 0.6 is 0 Å². The minimum Gasteiger partial charge on any atom is -0.336 e. The van der Waals surface area contributed by atoms with Crippen molar-refractivity contribution in [2.45, 2.75) is 44.8 Å². The Labute approximate surface area is 166 Å². The zero-order valence-corrected chi connectivity index (χ0v) is 16.0. The van der Waals surface area contributed by atoms with Crippen molar-refractivity contribution in [2.24, 2.45) is 0 Å². The number of carbonyl (C=O) groups is 1. The number of halogens is 3. The van der Waals surface area contributed by atoms with Crippen LogP contribution in [0, 0.1) is 0 Å². The molecular weight excluding hydrogens is 381 g/mol. The molecule has 0 bridgehead atoms. The summed E-state index contributed by atoms with van der Waals surface area (Å²) in [5, 5.41) is 3.87. The number of rotatable bonds is 3. The summed E-state index contributed by atoms with van der Waals surface area (Å²) in [4.78, 5) is 19.4. The van der Waals surface area contributed by atoms with Gasteiger partial charge in [0, 0.05) is 18.2 Å². The van der Waals surface area contributed by atoms with Crippen LogP contribution in [-0.2, 0) is 6.18 Å². The molecule has 1 aliphatic rings. The molecule has 29 heavy (non-hydrogen) atoms. The lowest BCUT2D eigenvalue weighted by Gasteiger charge is -2.35. The number of carbonyl (C=O) groups excluding carboxylic acids is 1. The van der Waals surface area contributed by atoms with E-state index in [9.17, 15) is 18.0 Å². The highest BCUT2D eigenvalue weighted by atomic mass is 19.4. The largest absolute Gasteiger partial charge is 0.433 e. The van der Waals surface area contributed by atoms with Crippen molar-refractivity contribution in [3.63, 3.8) is 0 Å². The molecule has 0 radical (unpaired) electrons. The third-order valence-electron chi connectivity index (χ3n) is 5.42. The van der Waals surface area contributed by atoms with Crippen molar-refractivity contribution >= 4 is 11.6 Å². The number of piperidine rings is 1. The van der Waals surface area contributed by atoms with E-state index in [2.05, 4.69) is 10.1 Å². The van der Waals surface area contributed by atoms with Gasteiger partial charge >= 0.3 is 6.18 Å². The Kier molecular flexibility index (Phi) is 5.02. The summed E-state index contributed by atoms with van der Waals surface area (Å²) in [6, 6.07) is 9.68. The van der Waals surface area contributed by atoms with Gasteiger partial charge < -0.3 is 4.90 Å². The molecule has 1 fully saturated rings. The van der Waals surface area contributed by atoms with E-state index < -0.39 is 11.9 Å². The number of fused-ring (bicyclic) bond motifs is 1. The second kappa shape index (κ2) is 7.50. The lowest BCUT2D eigenvalue weighted by Crippen LogP contribution is -2.43. The first-order valence-corrected chi connectivity index (χ1v) is 9.72. The second-order valence-electron chi connectivity index (χ2n) is 7.24. The highest BCUT2D eigenvalue weighted by Crippen LogP contribution is 2.33. The molecule has 1 amide bonds. The van der Waals surface area contributed by atoms with E-state index in [0.29, 0.717) is 12.1 Å². The van der Waals surface area contributed by atoms with Gasteiger partial charge in [0.05, 0.1) is 11.9 Å². The van der Waals surface area contributed by atoms with E-state index in [1.165, 1.54) is 6.20 Å². The first kappa shape index (κ1) is 19.4. The molecule has 0 aliphatic carbocycles. The molecule has 152 valence electrons. The van der Waals surface area contributed by atoms with E-state index >= 15 is 0 Å². The maximum absolute atomic E-state index is 13.7. The van der Waals surface area contributed by atoms with E-state index in [4.69, 9.17) is 0 Å². The fourth-order valence-corrected chi connectivity index (χ4v) is 3.92. The molecule has 1 aliphatic heterocycles. The lowest BCUT2D eigenvalue weighted by atomic mass is 9.99. The number of alkyl halides is 3. The Morgan fingerprint density at radius 1 is 1.21 bits per heavy atom. The number of nitrogens with zero attached hydrogens (tertiary/aromatic N) is 4. The quantitative estimate of drug-likeness (QED) is 0.631. The van der Waals surface area contributed by atoms with Crippen LogP contribution in [-0.4, -0.2) is 38.0 Å². The predicted molar refractivity (Wildman–Crippen MR) is 102 cm³/mol. The van der Waals surface area contributed by atoms with Gasteiger partial charge in [-0.3, -0.25) is 4.79 Å². The van der Waals surface area contributed by atoms with Crippen LogP contribution in [0.4, 0.5) is 13.2 Å². The number of benzene rings is 1. The Bertz CT molecular complexity index is 1030. The normalized spacial score (nSPS) is 17.7. The molecule has 0 unspecified atom stereocenters. The maximum atomic E-state index is 13.7. The number of aromatic nitrogens is 3. The second-order valence-corrected chi connectivity index (χ2v) is 7.24. The molecule has 1 atom stereocenters. The van der Waals surface area contributed by atoms with Gasteiger partial charge in [0.1, 0.15) is 5.56 Å². The molecule has 4 rings (SSSR count). The van der Waals surface area contributed by atoms with Crippen molar-refractivity contribution in [3.05, 3.63) is 53.9 Å². The van der Waals surface area contributed by atoms with Gasteiger partial charge in [0.15, 0.2) is 11.3 Å². The summed E-state index contributed by atoms with van der Waals surface area (Å²) in [5.41, 5.74) is -0.209. The van der Waals surface area contributed by atoms with Crippen LogP contribution in [0.3, 0.4) is 0 Å². The van der Waals surface area contributed by atoms with E-state index in [1.807, 2.05) is 6.92 Å². The van der Waals surface area contributed by atoms with Crippen LogP contribution in [0.15, 0.2) is 42.6 Å². The number of hydrogen-bond acceptors (Lipinski definition) is 3. The summed E-state index contributed by atoms with van der Waals surface area (Å²) in [7, 11) is 0. The molecule has 5 nitrogen and oxygen atoms in total. The van der Waals surface area contributed by atoms with Gasteiger partial charge in [0.2, 0.25) is 0 Å². The van der Waals surface area contributed by atoms with Gasteiger partial charge in [-0.05, 0) is 31.7 Å². The molecule has 1 saturated heterocycles. The van der Waals surface area contributed by atoms with Crippen molar-refractivity contribution in [2.75, 3.05) is 6.54 Å². The predicted octanol–water partition coefficient (Wildman–Crippen LogP) is 4.82. The first-order valence-electron chi connectivity index (χ1n) is 9.72. The average molecular weight is 402 g/mol. The highest BCUT2D eigenvalue weighted by Gasteiger charge is 2.37. The maximum Gasteiger partial charge on any atom is 0.433 e. The molecular formula is C21H21F3N4O. The van der Waals surface area contributed by atoms with Gasteiger partial charge in [-0.25, -0.2) is 9.50 Å². The smallest absolute Gasteiger partial charge is 0.336 e. The van der Waals surface area contributed by atoms with Crippen LogP contribution in [0.5, 0.6) is 0 Å². The van der Waals surface area contributed by atoms with Crippen molar-refractivity contribution in [1.29, 1.82) is 0 Å². The van der Waals surface area contributed by atoms with Crippen LogP contribution in [0.1, 0.15) is 48.7 Å². The van der Waals surface area contributed by atoms with E-state index in [1.54, 1.807) is 35.2 Å². The zero-order valence-electron chi connectivity index (χ0n) is 16.0. The minimum absolute atomic E-state index is 0.0656. The molecule has 0 spiro atoms. The lowest BCUT2D eigenvalue weighted by molar-refractivity contribution is -0.142. The fourth-order valence-electron chi connectivity index (χ4n) is 3.92. The third kappa shape index (κ3) is 3.59. The van der Waals surface area contributed by atoms with Gasteiger partial charge in [-0.15, -0.1) is 0 Å². The zero-order chi connectivity index (χ0) is 20.6. The topological polar surface area (TPSA) is 50.5 Å². The Balaban J connectivity index is 1.87. The summed E-state index contributed by atoms with van der Waals surface area (Å²) in [6.45, 7) is 2.61. The molecule has 8 heteroatoms. The SMILES string of the molecule is CC[C@H]1CCCCN1C(=O)c1cnn2c(C(F)(F)F)cc(-c3ccccc3)nc12.